The number of benzene rings is 1. The fourth-order valence-electron chi connectivity index (χ4n) is 3.20. The van der Waals surface area contributed by atoms with Crippen molar-refractivity contribution >= 4 is 27.8 Å². The molecule has 138 valence electrons. The molecule has 1 aromatic carbocycles. The lowest BCUT2D eigenvalue weighted by molar-refractivity contribution is -0.121. The molecule has 1 unspecified atom stereocenters. The van der Waals surface area contributed by atoms with Gasteiger partial charge in [0.15, 0.2) is 0 Å². The van der Waals surface area contributed by atoms with E-state index in [9.17, 15) is 14.7 Å². The first-order valence-corrected chi connectivity index (χ1v) is 8.32. The fourth-order valence-corrected chi connectivity index (χ4v) is 3.20. The lowest BCUT2D eigenvalue weighted by Crippen LogP contribution is -2.35. The largest absolute Gasteiger partial charge is 0.463 e. The van der Waals surface area contributed by atoms with Crippen LogP contribution in [0, 0.1) is 20.8 Å². The van der Waals surface area contributed by atoms with Crippen LogP contribution in [0.2, 0.25) is 0 Å². The highest BCUT2D eigenvalue weighted by molar-refractivity contribution is 6.07. The van der Waals surface area contributed by atoms with Crippen molar-refractivity contribution in [3.8, 4) is 0 Å². The number of aliphatic hydroxyl groups excluding tert-OH is 2. The summed E-state index contributed by atoms with van der Waals surface area (Å²) in [4.78, 5) is 24.5. The number of carbonyl (C=O) groups is 1. The maximum atomic E-state index is 12.4. The summed E-state index contributed by atoms with van der Waals surface area (Å²) in [6.45, 7) is 5.09. The van der Waals surface area contributed by atoms with Crippen molar-refractivity contribution in [2.24, 2.45) is 0 Å². The normalized spacial score (nSPS) is 12.7. The molecule has 7 nitrogen and oxygen atoms in total. The number of carbonyl (C=O) groups excluding carboxylic acids is 1. The Morgan fingerprint density at radius 2 is 1.96 bits per heavy atom. The first-order chi connectivity index (χ1) is 12.3. The highest BCUT2D eigenvalue weighted by Gasteiger charge is 2.20. The average molecular weight is 359 g/mol. The minimum Gasteiger partial charge on any atom is -0.463 e. The maximum absolute atomic E-state index is 12.4. The monoisotopic (exact) mass is 359 g/mol. The zero-order chi connectivity index (χ0) is 19.0. The van der Waals surface area contributed by atoms with E-state index in [-0.39, 0.29) is 18.5 Å². The molecule has 26 heavy (non-hydrogen) atoms. The van der Waals surface area contributed by atoms with Gasteiger partial charge < -0.3 is 24.4 Å². The molecule has 2 aromatic heterocycles. The van der Waals surface area contributed by atoms with Gasteiger partial charge in [0, 0.05) is 11.9 Å². The minimum absolute atomic E-state index is 0.0892. The van der Waals surface area contributed by atoms with Gasteiger partial charge in [-0.3, -0.25) is 4.79 Å². The van der Waals surface area contributed by atoms with Crippen molar-refractivity contribution in [1.29, 1.82) is 0 Å². The summed E-state index contributed by atoms with van der Waals surface area (Å²) >= 11 is 0. The van der Waals surface area contributed by atoms with E-state index in [4.69, 9.17) is 13.9 Å². The summed E-state index contributed by atoms with van der Waals surface area (Å²) in [7, 11) is 0. The van der Waals surface area contributed by atoms with E-state index in [0.29, 0.717) is 22.1 Å². The Bertz CT molecular complexity index is 1050. The van der Waals surface area contributed by atoms with Gasteiger partial charge in [-0.25, -0.2) is 4.79 Å². The average Bonchev–Trinajstić information content (AvgIpc) is 2.98. The predicted molar refractivity (Wildman–Crippen MR) is 96.3 cm³/mol. The van der Waals surface area contributed by atoms with E-state index >= 15 is 0 Å². The van der Waals surface area contributed by atoms with Crippen LogP contribution in [0.15, 0.2) is 26.0 Å². The van der Waals surface area contributed by atoms with Gasteiger partial charge in [0.05, 0.1) is 36.3 Å². The molecule has 0 aliphatic heterocycles. The molecular weight excluding hydrogens is 338 g/mol. The van der Waals surface area contributed by atoms with E-state index in [1.807, 2.05) is 13.8 Å². The van der Waals surface area contributed by atoms with Crippen LogP contribution in [0.3, 0.4) is 0 Å². The summed E-state index contributed by atoms with van der Waals surface area (Å²) in [6, 6.07) is 1.80. The van der Waals surface area contributed by atoms with Crippen molar-refractivity contribution in [2.45, 2.75) is 33.3 Å². The number of fused-ring (bicyclic) bond motifs is 3. The predicted octanol–water partition coefficient (Wildman–Crippen LogP) is 1.48. The van der Waals surface area contributed by atoms with Crippen molar-refractivity contribution in [2.75, 3.05) is 13.2 Å². The molecule has 3 rings (SSSR count). The number of nitrogens with one attached hydrogen (secondary N) is 1. The molecule has 3 N–H and O–H groups in total. The van der Waals surface area contributed by atoms with Crippen LogP contribution in [0.1, 0.15) is 22.3 Å². The molecule has 0 aliphatic rings. The van der Waals surface area contributed by atoms with E-state index in [0.717, 1.165) is 16.5 Å². The summed E-state index contributed by atoms with van der Waals surface area (Å²) in [6.07, 6.45) is 0.434. The molecule has 0 saturated heterocycles. The van der Waals surface area contributed by atoms with Crippen LogP contribution >= 0.6 is 0 Å². The van der Waals surface area contributed by atoms with E-state index in [2.05, 4.69) is 5.32 Å². The van der Waals surface area contributed by atoms with Crippen molar-refractivity contribution in [3.05, 3.63) is 45.0 Å². The standard InChI is InChI=1S/C19H21NO6/c1-9-4-14-17(18-16(9)10(2)8-25-18)11(3)13(19(24)26-14)5-15(23)20-6-12(22)7-21/h4,8,12,21-22H,5-7H2,1-3H3,(H,20,23). The highest BCUT2D eigenvalue weighted by Crippen LogP contribution is 2.34. The first-order valence-electron chi connectivity index (χ1n) is 8.32. The lowest BCUT2D eigenvalue weighted by Gasteiger charge is -2.11. The summed E-state index contributed by atoms with van der Waals surface area (Å²) in [5, 5.41) is 22.2. The third-order valence-corrected chi connectivity index (χ3v) is 4.55. The number of amides is 1. The zero-order valence-corrected chi connectivity index (χ0v) is 14.9. The second-order valence-electron chi connectivity index (χ2n) is 6.50. The quantitative estimate of drug-likeness (QED) is 0.595. The van der Waals surface area contributed by atoms with Gasteiger partial charge in [0.25, 0.3) is 0 Å². The smallest absolute Gasteiger partial charge is 0.340 e. The van der Waals surface area contributed by atoms with E-state index < -0.39 is 24.2 Å². The van der Waals surface area contributed by atoms with E-state index in [1.54, 1.807) is 19.3 Å². The maximum Gasteiger partial charge on any atom is 0.340 e. The molecule has 0 saturated carbocycles. The van der Waals surface area contributed by atoms with Gasteiger partial charge in [0.1, 0.15) is 11.2 Å². The number of rotatable bonds is 5. The van der Waals surface area contributed by atoms with Crippen molar-refractivity contribution in [1.82, 2.24) is 5.32 Å². The minimum atomic E-state index is -1.04. The Kier molecular flexibility index (Phi) is 4.84. The van der Waals surface area contributed by atoms with Crippen LogP contribution < -0.4 is 10.9 Å². The Morgan fingerprint density at radius 3 is 2.65 bits per heavy atom. The topological polar surface area (TPSA) is 113 Å². The molecule has 0 radical (unpaired) electrons. The summed E-state index contributed by atoms with van der Waals surface area (Å²) in [5.41, 5.74) is 3.30. The molecular formula is C19H21NO6. The van der Waals surface area contributed by atoms with Crippen LogP contribution in [-0.2, 0) is 11.2 Å². The second-order valence-corrected chi connectivity index (χ2v) is 6.50. The zero-order valence-electron chi connectivity index (χ0n) is 14.9. The number of aliphatic hydroxyl groups is 2. The van der Waals surface area contributed by atoms with Gasteiger partial charge in [-0.1, -0.05) is 0 Å². The van der Waals surface area contributed by atoms with Crippen LogP contribution in [0.25, 0.3) is 21.9 Å². The Hall–Kier alpha value is -2.64. The van der Waals surface area contributed by atoms with Gasteiger partial charge in [0.2, 0.25) is 5.91 Å². The highest BCUT2D eigenvalue weighted by atomic mass is 16.4. The summed E-state index contributed by atoms with van der Waals surface area (Å²) in [5.74, 6) is -0.439. The molecule has 3 aromatic rings. The SMILES string of the molecule is Cc1coc2c1c(C)cc1oc(=O)c(CC(=O)NCC(O)CO)c(C)c12. The summed E-state index contributed by atoms with van der Waals surface area (Å²) < 4.78 is 11.1. The Labute approximate surface area is 149 Å². The van der Waals surface area contributed by atoms with Gasteiger partial charge in [-0.15, -0.1) is 0 Å². The molecule has 0 bridgehead atoms. The van der Waals surface area contributed by atoms with Crippen molar-refractivity contribution in [3.63, 3.8) is 0 Å². The molecule has 7 heteroatoms. The van der Waals surface area contributed by atoms with Crippen LogP contribution in [0.5, 0.6) is 0 Å². The number of furan rings is 1. The van der Waals surface area contributed by atoms with Crippen LogP contribution in [-0.4, -0.2) is 35.4 Å². The molecule has 0 aliphatic carbocycles. The van der Waals surface area contributed by atoms with E-state index in [1.165, 1.54) is 0 Å². The fraction of sp³-hybridized carbons (Fsp3) is 0.368. The molecule has 0 fully saturated rings. The number of aryl methyl sites for hydroxylation is 3. The van der Waals surface area contributed by atoms with Gasteiger partial charge in [-0.2, -0.15) is 0 Å². The molecule has 1 amide bonds. The Balaban J connectivity index is 2.07. The third kappa shape index (κ3) is 3.11. The lowest BCUT2D eigenvalue weighted by atomic mass is 9.99. The second kappa shape index (κ2) is 6.93. The van der Waals surface area contributed by atoms with Crippen molar-refractivity contribution < 1.29 is 23.8 Å². The van der Waals surface area contributed by atoms with Gasteiger partial charge in [-0.05, 0) is 43.5 Å². The molecule has 2 heterocycles. The molecule has 0 spiro atoms. The van der Waals surface area contributed by atoms with Crippen LogP contribution in [0.4, 0.5) is 0 Å². The number of hydrogen-bond acceptors (Lipinski definition) is 6. The third-order valence-electron chi connectivity index (χ3n) is 4.55. The Morgan fingerprint density at radius 1 is 1.23 bits per heavy atom. The first kappa shape index (κ1) is 18.2. The number of hydrogen-bond donors (Lipinski definition) is 3. The molecule has 1 atom stereocenters. The van der Waals surface area contributed by atoms with Gasteiger partial charge >= 0.3 is 5.63 Å².